The Morgan fingerprint density at radius 1 is 1.12 bits per heavy atom. The van der Waals surface area contributed by atoms with Crippen molar-refractivity contribution in [2.45, 2.75) is 38.1 Å². The van der Waals surface area contributed by atoms with Crippen LogP contribution in [-0.4, -0.2) is 42.8 Å². The van der Waals surface area contributed by atoms with Crippen LogP contribution in [0.3, 0.4) is 0 Å². The number of fused-ring (bicyclic) bond motifs is 1. The molecule has 1 amide bonds. The molecule has 34 heavy (non-hydrogen) atoms. The molecule has 2 N–H and O–H groups in total. The third kappa shape index (κ3) is 4.45. The number of carboxylic acid groups (broad SMARTS) is 1. The Balaban J connectivity index is 1.33. The molecule has 2 aromatic carbocycles. The van der Waals surface area contributed by atoms with E-state index >= 15 is 0 Å². The van der Waals surface area contributed by atoms with E-state index in [1.165, 1.54) is 22.5 Å². The van der Waals surface area contributed by atoms with Gasteiger partial charge in [0.2, 0.25) is 0 Å². The summed E-state index contributed by atoms with van der Waals surface area (Å²) in [5.41, 5.74) is 5.22. The van der Waals surface area contributed by atoms with Gasteiger partial charge < -0.3 is 20.1 Å². The van der Waals surface area contributed by atoms with Gasteiger partial charge in [0.15, 0.2) is 0 Å². The van der Waals surface area contributed by atoms with Crippen molar-refractivity contribution < 1.29 is 19.4 Å². The number of rotatable bonds is 5. The van der Waals surface area contributed by atoms with Crippen LogP contribution in [0.2, 0.25) is 0 Å². The number of aromatic carboxylic acids is 1. The smallest absolute Gasteiger partial charge is 0.339 e. The van der Waals surface area contributed by atoms with E-state index in [0.717, 1.165) is 37.1 Å². The summed E-state index contributed by atoms with van der Waals surface area (Å²) in [6, 6.07) is 16.1. The van der Waals surface area contributed by atoms with Gasteiger partial charge in [-0.1, -0.05) is 24.3 Å². The Morgan fingerprint density at radius 3 is 2.62 bits per heavy atom. The topological polar surface area (TPSA) is 78.9 Å². The van der Waals surface area contributed by atoms with Crippen LogP contribution in [0.15, 0.2) is 53.9 Å². The monoisotopic (exact) mass is 476 g/mol. The molecule has 3 aromatic rings. The van der Waals surface area contributed by atoms with Gasteiger partial charge in [0.1, 0.15) is 5.00 Å². The molecule has 0 bridgehead atoms. The minimum atomic E-state index is -0.998. The molecule has 1 saturated heterocycles. The summed E-state index contributed by atoms with van der Waals surface area (Å²) >= 11 is 1.29. The third-order valence-electron chi connectivity index (χ3n) is 6.88. The summed E-state index contributed by atoms with van der Waals surface area (Å²) in [5.74, 6) is -1.16. The maximum absolute atomic E-state index is 13.0. The zero-order chi connectivity index (χ0) is 23.7. The second-order valence-corrected chi connectivity index (χ2v) is 9.91. The number of thiophene rings is 1. The van der Waals surface area contributed by atoms with Gasteiger partial charge >= 0.3 is 5.97 Å². The predicted molar refractivity (Wildman–Crippen MR) is 135 cm³/mol. The van der Waals surface area contributed by atoms with Crippen molar-refractivity contribution in [3.63, 3.8) is 0 Å². The van der Waals surface area contributed by atoms with Gasteiger partial charge in [-0.05, 0) is 78.4 Å². The van der Waals surface area contributed by atoms with Crippen LogP contribution >= 0.6 is 11.3 Å². The standard InChI is InChI=1S/C27H28N2O4S/c1-17-15-33-13-12-29(17)22-10-8-19(9-11-22)25(30)28-26-24(27(31)32)23(16-34-26)21-7-6-18-4-2-3-5-20(18)14-21/h2-5,8-11,16-17,21H,6-7,12-15H2,1H3,(H,28,30)(H,31,32). The average Bonchev–Trinajstić information content (AvgIpc) is 3.28. The number of carbonyl (C=O) groups is 2. The van der Waals surface area contributed by atoms with Gasteiger partial charge in [0.05, 0.1) is 18.8 Å². The first-order chi connectivity index (χ1) is 16.5. The average molecular weight is 477 g/mol. The third-order valence-corrected chi connectivity index (χ3v) is 7.79. The SMILES string of the molecule is CC1COCCN1c1ccc(C(=O)Nc2scc(C3CCc4ccccc4C3)c2C(=O)O)cc1. The second-order valence-electron chi connectivity index (χ2n) is 9.03. The van der Waals surface area contributed by atoms with Crippen LogP contribution in [0.4, 0.5) is 10.7 Å². The Morgan fingerprint density at radius 2 is 1.88 bits per heavy atom. The van der Waals surface area contributed by atoms with E-state index in [4.69, 9.17) is 4.74 Å². The number of ether oxygens (including phenoxy) is 1. The molecule has 6 nitrogen and oxygen atoms in total. The molecule has 1 fully saturated rings. The lowest BCUT2D eigenvalue weighted by atomic mass is 9.80. The molecule has 2 heterocycles. The van der Waals surface area contributed by atoms with Gasteiger partial charge in [-0.25, -0.2) is 4.79 Å². The molecular weight excluding hydrogens is 448 g/mol. The normalized spacial score (nSPS) is 20.0. The molecule has 1 aliphatic carbocycles. The molecule has 0 radical (unpaired) electrons. The number of benzene rings is 2. The molecule has 1 aromatic heterocycles. The van der Waals surface area contributed by atoms with E-state index in [1.54, 1.807) is 12.1 Å². The number of anilines is 2. The highest BCUT2D eigenvalue weighted by atomic mass is 32.1. The summed E-state index contributed by atoms with van der Waals surface area (Å²) in [6.45, 7) is 4.32. The number of amides is 1. The Kier molecular flexibility index (Phi) is 6.39. The van der Waals surface area contributed by atoms with Crippen LogP contribution < -0.4 is 10.2 Å². The van der Waals surface area contributed by atoms with E-state index in [1.807, 2.05) is 29.6 Å². The number of morpholine rings is 1. The molecule has 7 heteroatoms. The van der Waals surface area contributed by atoms with Crippen LogP contribution in [0, 0.1) is 0 Å². The van der Waals surface area contributed by atoms with E-state index in [0.29, 0.717) is 23.8 Å². The lowest BCUT2D eigenvalue weighted by molar-refractivity contribution is 0.0696. The fraction of sp³-hybridized carbons (Fsp3) is 0.333. The first kappa shape index (κ1) is 22.6. The van der Waals surface area contributed by atoms with Crippen molar-refractivity contribution in [2.24, 2.45) is 0 Å². The highest BCUT2D eigenvalue weighted by Crippen LogP contribution is 2.40. The minimum absolute atomic E-state index is 0.137. The van der Waals surface area contributed by atoms with Crippen molar-refractivity contribution >= 4 is 33.9 Å². The molecule has 176 valence electrons. The molecule has 1 aliphatic heterocycles. The van der Waals surface area contributed by atoms with E-state index < -0.39 is 5.97 Å². The van der Waals surface area contributed by atoms with Gasteiger partial charge in [0, 0.05) is 23.8 Å². The molecule has 2 unspecified atom stereocenters. The summed E-state index contributed by atoms with van der Waals surface area (Å²) in [5, 5.41) is 15.2. The Hall–Kier alpha value is -3.16. The number of aryl methyl sites for hydroxylation is 1. The highest BCUT2D eigenvalue weighted by molar-refractivity contribution is 7.15. The zero-order valence-electron chi connectivity index (χ0n) is 19.1. The van der Waals surface area contributed by atoms with E-state index in [9.17, 15) is 14.7 Å². The lowest BCUT2D eigenvalue weighted by Gasteiger charge is -2.35. The first-order valence-corrected chi connectivity index (χ1v) is 12.6. The number of nitrogens with zero attached hydrogens (tertiary/aromatic N) is 1. The maximum Gasteiger partial charge on any atom is 0.339 e. The molecule has 0 spiro atoms. The number of carboxylic acids is 1. The summed E-state index contributed by atoms with van der Waals surface area (Å²) in [7, 11) is 0. The lowest BCUT2D eigenvalue weighted by Crippen LogP contribution is -2.43. The van der Waals surface area contributed by atoms with Crippen molar-refractivity contribution in [1.82, 2.24) is 0 Å². The molecule has 0 saturated carbocycles. The van der Waals surface area contributed by atoms with E-state index in [-0.39, 0.29) is 23.4 Å². The summed E-state index contributed by atoms with van der Waals surface area (Å²) < 4.78 is 5.50. The van der Waals surface area contributed by atoms with Crippen molar-refractivity contribution in [3.8, 4) is 0 Å². The minimum Gasteiger partial charge on any atom is -0.478 e. The second kappa shape index (κ2) is 9.60. The van der Waals surface area contributed by atoms with Gasteiger partial charge in [-0.2, -0.15) is 0 Å². The van der Waals surface area contributed by atoms with Crippen molar-refractivity contribution in [2.75, 3.05) is 30.0 Å². The fourth-order valence-corrected chi connectivity index (χ4v) is 6.07. The molecule has 5 rings (SSSR count). The number of nitrogens with one attached hydrogen (secondary N) is 1. The maximum atomic E-state index is 13.0. The summed E-state index contributed by atoms with van der Waals surface area (Å²) in [6.07, 6.45) is 2.66. The molecule has 2 atom stereocenters. The number of hydrogen-bond acceptors (Lipinski definition) is 5. The molecule has 2 aliphatic rings. The fourth-order valence-electron chi connectivity index (χ4n) is 5.04. The molecular formula is C27H28N2O4S. The van der Waals surface area contributed by atoms with Crippen LogP contribution in [0.25, 0.3) is 0 Å². The van der Waals surface area contributed by atoms with Crippen molar-refractivity contribution in [3.05, 3.63) is 81.7 Å². The Bertz CT molecular complexity index is 1200. The van der Waals surface area contributed by atoms with Crippen molar-refractivity contribution in [1.29, 1.82) is 0 Å². The summed E-state index contributed by atoms with van der Waals surface area (Å²) in [4.78, 5) is 27.4. The first-order valence-electron chi connectivity index (χ1n) is 11.7. The van der Waals surface area contributed by atoms with E-state index in [2.05, 4.69) is 29.3 Å². The zero-order valence-corrected chi connectivity index (χ0v) is 19.9. The number of carbonyl (C=O) groups excluding carboxylic acids is 1. The predicted octanol–water partition coefficient (Wildman–Crippen LogP) is 5.20. The van der Waals surface area contributed by atoms with Crippen LogP contribution in [0.5, 0.6) is 0 Å². The quantitative estimate of drug-likeness (QED) is 0.529. The van der Waals surface area contributed by atoms with Crippen LogP contribution in [-0.2, 0) is 17.6 Å². The Labute approximate surface area is 203 Å². The van der Waals surface area contributed by atoms with Gasteiger partial charge in [-0.15, -0.1) is 11.3 Å². The number of hydrogen-bond donors (Lipinski definition) is 2. The van der Waals surface area contributed by atoms with Gasteiger partial charge in [-0.3, -0.25) is 4.79 Å². The van der Waals surface area contributed by atoms with Crippen LogP contribution in [0.1, 0.15) is 56.7 Å². The highest BCUT2D eigenvalue weighted by Gasteiger charge is 2.28. The largest absolute Gasteiger partial charge is 0.478 e. The van der Waals surface area contributed by atoms with Gasteiger partial charge in [0.25, 0.3) is 5.91 Å².